The van der Waals surface area contributed by atoms with Crippen LogP contribution in [-0.4, -0.2) is 35.5 Å². The summed E-state index contributed by atoms with van der Waals surface area (Å²) in [5, 5.41) is 3.79. The lowest BCUT2D eigenvalue weighted by atomic mass is 9.98. The highest BCUT2D eigenvalue weighted by Crippen LogP contribution is 2.41. The standard InChI is InChI=1S/C26H17Cl2F3N6O3/c1-35-11-33-20(34-35)10-37-25(38)21-19(36(26(37)39)9-12-4-16(27)22(31)18(30)5-12)7-15(14-2-3-40-24(14)21)23-17(28)6-13(29)8-32-23/h4-8,11H,2-3,9-10H2,1H3. The molecule has 0 fully saturated rings. The number of nitrogens with zero attached hydrogens (tertiary/aromatic N) is 6. The van der Waals surface area contributed by atoms with Crippen LogP contribution < -0.4 is 16.0 Å². The van der Waals surface area contributed by atoms with Crippen molar-refractivity contribution >= 4 is 34.1 Å². The van der Waals surface area contributed by atoms with Gasteiger partial charge in [0.1, 0.15) is 23.3 Å². The maximum absolute atomic E-state index is 14.2. The van der Waals surface area contributed by atoms with Crippen LogP contribution in [0.1, 0.15) is 17.0 Å². The van der Waals surface area contributed by atoms with Gasteiger partial charge >= 0.3 is 5.69 Å². The van der Waals surface area contributed by atoms with Gasteiger partial charge in [0.25, 0.3) is 5.56 Å². The summed E-state index contributed by atoms with van der Waals surface area (Å²) in [4.78, 5) is 35.9. The molecule has 4 heterocycles. The number of halogens is 5. The predicted molar refractivity (Wildman–Crippen MR) is 140 cm³/mol. The third kappa shape index (κ3) is 4.33. The number of pyridine rings is 1. The first-order valence-corrected chi connectivity index (χ1v) is 12.6. The van der Waals surface area contributed by atoms with Crippen LogP contribution in [0.5, 0.6) is 5.75 Å². The number of hydrogen-bond acceptors (Lipinski definition) is 6. The lowest BCUT2D eigenvalue weighted by molar-refractivity contribution is 0.359. The Bertz CT molecular complexity index is 1950. The quantitative estimate of drug-likeness (QED) is 0.287. The molecule has 0 saturated heterocycles. The third-order valence-corrected chi connectivity index (χ3v) is 7.13. The van der Waals surface area contributed by atoms with Crippen LogP contribution in [0.15, 0.2) is 46.4 Å². The average molecular weight is 589 g/mol. The number of aromatic nitrogens is 6. The van der Waals surface area contributed by atoms with E-state index in [1.807, 2.05) is 0 Å². The topological polar surface area (TPSA) is 96.8 Å². The number of benzene rings is 2. The molecule has 2 aromatic carbocycles. The Hall–Kier alpha value is -4.16. The molecule has 0 aliphatic carbocycles. The first-order chi connectivity index (χ1) is 19.1. The molecule has 0 atom stereocenters. The summed E-state index contributed by atoms with van der Waals surface area (Å²) in [5.41, 5.74) is 0.124. The van der Waals surface area contributed by atoms with E-state index in [9.17, 15) is 22.8 Å². The van der Waals surface area contributed by atoms with Crippen molar-refractivity contribution in [2.75, 3.05) is 6.61 Å². The van der Waals surface area contributed by atoms with Crippen LogP contribution >= 0.6 is 23.2 Å². The second-order valence-electron chi connectivity index (χ2n) is 9.18. The highest BCUT2D eigenvalue weighted by molar-refractivity contribution is 6.33. The lowest BCUT2D eigenvalue weighted by Gasteiger charge is -2.18. The van der Waals surface area contributed by atoms with E-state index in [1.165, 1.54) is 21.6 Å². The SMILES string of the molecule is Cn1cnc(Cn2c(=O)c3c4c(c(-c5ncc(F)cc5Cl)cc3n(Cc3cc(F)c(F)c(Cl)c3)c2=O)CCO4)n1. The van der Waals surface area contributed by atoms with Gasteiger partial charge in [-0.2, -0.15) is 5.10 Å². The van der Waals surface area contributed by atoms with Gasteiger partial charge in [0.05, 0.1) is 47.1 Å². The lowest BCUT2D eigenvalue weighted by Crippen LogP contribution is -2.41. The van der Waals surface area contributed by atoms with Crippen molar-refractivity contribution in [2.45, 2.75) is 19.5 Å². The maximum atomic E-state index is 14.2. The van der Waals surface area contributed by atoms with Gasteiger partial charge in [-0.3, -0.25) is 23.6 Å². The van der Waals surface area contributed by atoms with E-state index >= 15 is 0 Å². The Morgan fingerprint density at radius 1 is 1.00 bits per heavy atom. The minimum Gasteiger partial charge on any atom is -0.492 e. The molecule has 9 nitrogen and oxygen atoms in total. The second-order valence-corrected chi connectivity index (χ2v) is 9.99. The van der Waals surface area contributed by atoms with Crippen LogP contribution in [0, 0.1) is 17.5 Å². The van der Waals surface area contributed by atoms with Crippen LogP contribution in [0.3, 0.4) is 0 Å². The molecule has 3 aromatic heterocycles. The third-order valence-electron chi connectivity index (χ3n) is 6.57. The molecule has 0 bridgehead atoms. The van der Waals surface area contributed by atoms with Crippen molar-refractivity contribution in [3.63, 3.8) is 0 Å². The van der Waals surface area contributed by atoms with Crippen molar-refractivity contribution in [3.05, 3.63) is 102 Å². The molecule has 0 radical (unpaired) electrons. The zero-order valence-corrected chi connectivity index (χ0v) is 22.1. The molecule has 5 aromatic rings. The molecular weight excluding hydrogens is 572 g/mol. The smallest absolute Gasteiger partial charge is 0.332 e. The van der Waals surface area contributed by atoms with Crippen molar-refractivity contribution in [3.8, 4) is 17.0 Å². The van der Waals surface area contributed by atoms with Gasteiger partial charge in [-0.1, -0.05) is 23.2 Å². The highest BCUT2D eigenvalue weighted by atomic mass is 35.5. The summed E-state index contributed by atoms with van der Waals surface area (Å²) in [6.45, 7) is -0.306. The average Bonchev–Trinajstić information content (AvgIpc) is 3.56. The van der Waals surface area contributed by atoms with E-state index in [0.717, 1.165) is 22.9 Å². The maximum Gasteiger partial charge on any atom is 0.332 e. The molecule has 0 unspecified atom stereocenters. The van der Waals surface area contributed by atoms with Gasteiger partial charge in [0, 0.05) is 24.6 Å². The largest absolute Gasteiger partial charge is 0.492 e. The summed E-state index contributed by atoms with van der Waals surface area (Å²) < 4.78 is 51.4. The monoisotopic (exact) mass is 588 g/mol. The molecule has 204 valence electrons. The van der Waals surface area contributed by atoms with E-state index in [1.54, 1.807) is 13.1 Å². The summed E-state index contributed by atoms with van der Waals surface area (Å²) in [5.74, 6) is -2.63. The molecule has 0 saturated carbocycles. The number of rotatable bonds is 5. The molecule has 1 aliphatic heterocycles. The fraction of sp³-hybridized carbons (Fsp3) is 0.192. The van der Waals surface area contributed by atoms with Crippen LogP contribution in [0.4, 0.5) is 13.2 Å². The Labute approximate surface area is 233 Å². The zero-order chi connectivity index (χ0) is 28.3. The molecule has 0 amide bonds. The predicted octanol–water partition coefficient (Wildman–Crippen LogP) is 4.11. The Morgan fingerprint density at radius 3 is 2.50 bits per heavy atom. The van der Waals surface area contributed by atoms with E-state index in [-0.39, 0.29) is 58.5 Å². The van der Waals surface area contributed by atoms with Gasteiger partial charge in [-0.25, -0.2) is 22.9 Å². The van der Waals surface area contributed by atoms with Gasteiger partial charge in [0.2, 0.25) is 0 Å². The number of hydrogen-bond donors (Lipinski definition) is 0. The van der Waals surface area contributed by atoms with Crippen molar-refractivity contribution in [2.24, 2.45) is 7.05 Å². The summed E-state index contributed by atoms with van der Waals surface area (Å²) >= 11 is 12.2. The molecule has 40 heavy (non-hydrogen) atoms. The first kappa shape index (κ1) is 26.1. The Morgan fingerprint density at radius 2 is 1.80 bits per heavy atom. The first-order valence-electron chi connectivity index (χ1n) is 11.9. The molecule has 6 rings (SSSR count). The Kier molecular flexibility index (Phi) is 6.38. The fourth-order valence-electron chi connectivity index (χ4n) is 4.83. The number of ether oxygens (including phenoxy) is 1. The molecular formula is C26H17Cl2F3N6O3. The number of aryl methyl sites for hydroxylation is 1. The van der Waals surface area contributed by atoms with Crippen molar-refractivity contribution < 1.29 is 17.9 Å². The van der Waals surface area contributed by atoms with Crippen LogP contribution in [0.2, 0.25) is 10.0 Å². The zero-order valence-electron chi connectivity index (χ0n) is 20.6. The summed E-state index contributed by atoms with van der Waals surface area (Å²) in [6, 6.07) is 4.75. The fourth-order valence-corrected chi connectivity index (χ4v) is 5.32. The molecule has 1 aliphatic rings. The van der Waals surface area contributed by atoms with E-state index < -0.39 is 33.7 Å². The Balaban J connectivity index is 1.67. The van der Waals surface area contributed by atoms with Gasteiger partial charge in [-0.05, 0) is 29.8 Å². The molecule has 0 spiro atoms. The van der Waals surface area contributed by atoms with Crippen LogP contribution in [-0.2, 0) is 26.6 Å². The minimum atomic E-state index is -1.22. The second kappa shape index (κ2) is 9.79. The van der Waals surface area contributed by atoms with Gasteiger partial charge in [0.15, 0.2) is 17.5 Å². The molecule has 0 N–H and O–H groups in total. The van der Waals surface area contributed by atoms with E-state index in [0.29, 0.717) is 17.5 Å². The minimum absolute atomic E-state index is 0.0179. The summed E-state index contributed by atoms with van der Waals surface area (Å²) in [7, 11) is 1.64. The van der Waals surface area contributed by atoms with E-state index in [4.69, 9.17) is 27.9 Å². The van der Waals surface area contributed by atoms with E-state index in [2.05, 4.69) is 15.1 Å². The highest BCUT2D eigenvalue weighted by Gasteiger charge is 2.28. The van der Waals surface area contributed by atoms with Crippen molar-refractivity contribution in [1.29, 1.82) is 0 Å². The summed E-state index contributed by atoms with van der Waals surface area (Å²) in [6.07, 6.45) is 2.83. The normalized spacial score (nSPS) is 12.7. The van der Waals surface area contributed by atoms with Gasteiger partial charge < -0.3 is 4.74 Å². The van der Waals surface area contributed by atoms with Gasteiger partial charge in [-0.15, -0.1) is 0 Å². The number of fused-ring (bicyclic) bond motifs is 3. The van der Waals surface area contributed by atoms with Crippen LogP contribution in [0.25, 0.3) is 22.2 Å². The molecule has 14 heteroatoms. The van der Waals surface area contributed by atoms with Crippen molar-refractivity contribution in [1.82, 2.24) is 28.9 Å².